The second kappa shape index (κ2) is 10.3. The second-order valence-electron chi connectivity index (χ2n) is 8.56. The van der Waals surface area contributed by atoms with Crippen LogP contribution in [-0.2, 0) is 14.3 Å². The summed E-state index contributed by atoms with van der Waals surface area (Å²) in [4.78, 5) is 35.4. The maximum atomic E-state index is 13.5. The lowest BCUT2D eigenvalue weighted by Crippen LogP contribution is -2.38. The molecule has 1 saturated heterocycles. The number of hydrogen-bond donors (Lipinski definition) is 0. The average Bonchev–Trinajstić information content (AvgIpc) is 3.55. The standard InChI is InChI=1S/C27H26ClN3O3S/c1-2-34-26(33)23-24(18-8-4-3-5-9-18)29-27-31(25(23)19-10-12-20(28)13-11-19)21(17-35-27)16-22(32)30-14-6-7-15-30/h3-5,8-13,17,25H,2,6-7,14-16H2,1H3. The van der Waals surface area contributed by atoms with Crippen molar-refractivity contribution in [3.8, 4) is 0 Å². The molecule has 5 rings (SSSR count). The minimum absolute atomic E-state index is 0.0981. The molecular weight excluding hydrogens is 482 g/mol. The molecule has 0 bridgehead atoms. The molecule has 0 saturated carbocycles. The highest BCUT2D eigenvalue weighted by Crippen LogP contribution is 2.47. The van der Waals surface area contributed by atoms with Crippen LogP contribution in [0.15, 0.2) is 76.3 Å². The highest BCUT2D eigenvalue weighted by molar-refractivity contribution is 8.16. The smallest absolute Gasteiger partial charge is 0.338 e. The van der Waals surface area contributed by atoms with Crippen molar-refractivity contribution in [1.29, 1.82) is 0 Å². The van der Waals surface area contributed by atoms with Gasteiger partial charge in [-0.2, -0.15) is 0 Å². The molecule has 0 N–H and O–H groups in total. The van der Waals surface area contributed by atoms with Gasteiger partial charge >= 0.3 is 5.97 Å². The van der Waals surface area contributed by atoms with Crippen molar-refractivity contribution in [2.75, 3.05) is 19.7 Å². The summed E-state index contributed by atoms with van der Waals surface area (Å²) >= 11 is 7.68. The zero-order valence-corrected chi connectivity index (χ0v) is 21.0. The highest BCUT2D eigenvalue weighted by atomic mass is 35.5. The van der Waals surface area contributed by atoms with Crippen molar-refractivity contribution >= 4 is 46.1 Å². The number of ether oxygens (including phenoxy) is 1. The fraction of sp³-hybridized carbons (Fsp3) is 0.296. The fourth-order valence-corrected chi connectivity index (χ4v) is 5.73. The third kappa shape index (κ3) is 4.75. The normalized spacial score (nSPS) is 19.4. The number of hydrogen-bond acceptors (Lipinski definition) is 6. The summed E-state index contributed by atoms with van der Waals surface area (Å²) in [6.45, 7) is 3.64. The third-order valence-corrected chi connectivity index (χ3v) is 7.47. The first-order chi connectivity index (χ1) is 17.1. The SMILES string of the molecule is CCOC(=O)C1=C(c2ccccc2)N=C2SC=C(CC(=O)N3CCCC3)N2C1c1ccc(Cl)cc1. The molecule has 1 fully saturated rings. The summed E-state index contributed by atoms with van der Waals surface area (Å²) in [5, 5.41) is 3.33. The number of fused-ring (bicyclic) bond motifs is 1. The molecule has 1 atom stereocenters. The first-order valence-electron chi connectivity index (χ1n) is 11.8. The van der Waals surface area contributed by atoms with E-state index in [-0.39, 0.29) is 18.9 Å². The van der Waals surface area contributed by atoms with Gasteiger partial charge in [-0.15, -0.1) is 0 Å². The molecule has 6 nitrogen and oxygen atoms in total. The van der Waals surface area contributed by atoms with Crippen molar-refractivity contribution < 1.29 is 14.3 Å². The highest BCUT2D eigenvalue weighted by Gasteiger charge is 2.42. The summed E-state index contributed by atoms with van der Waals surface area (Å²) in [5.74, 6) is -0.322. The van der Waals surface area contributed by atoms with E-state index in [1.807, 2.05) is 69.8 Å². The van der Waals surface area contributed by atoms with Crippen LogP contribution in [0.3, 0.4) is 0 Å². The van der Waals surface area contributed by atoms with Crippen LogP contribution in [0.2, 0.25) is 5.02 Å². The van der Waals surface area contributed by atoms with E-state index in [1.54, 1.807) is 6.92 Å². The quantitative estimate of drug-likeness (QED) is 0.474. The maximum absolute atomic E-state index is 13.5. The summed E-state index contributed by atoms with van der Waals surface area (Å²) in [6.07, 6.45) is 2.34. The van der Waals surface area contributed by atoms with Crippen LogP contribution < -0.4 is 0 Å². The van der Waals surface area contributed by atoms with Crippen LogP contribution in [0.5, 0.6) is 0 Å². The Kier molecular flexibility index (Phi) is 6.97. The largest absolute Gasteiger partial charge is 0.463 e. The van der Waals surface area contributed by atoms with Gasteiger partial charge in [0, 0.05) is 29.4 Å². The van der Waals surface area contributed by atoms with Gasteiger partial charge in [0.25, 0.3) is 0 Å². The summed E-state index contributed by atoms with van der Waals surface area (Å²) in [7, 11) is 0. The fourth-order valence-electron chi connectivity index (χ4n) is 4.68. The number of thioether (sulfide) groups is 1. The average molecular weight is 508 g/mol. The lowest BCUT2D eigenvalue weighted by molar-refractivity contribution is -0.139. The topological polar surface area (TPSA) is 62.2 Å². The first-order valence-corrected chi connectivity index (χ1v) is 13.1. The zero-order chi connectivity index (χ0) is 24.4. The molecule has 180 valence electrons. The minimum atomic E-state index is -0.498. The Morgan fingerprint density at radius 1 is 1.09 bits per heavy atom. The third-order valence-electron chi connectivity index (χ3n) is 6.33. The van der Waals surface area contributed by atoms with E-state index in [2.05, 4.69) is 0 Å². The zero-order valence-electron chi connectivity index (χ0n) is 19.4. The molecule has 35 heavy (non-hydrogen) atoms. The number of aliphatic imine (C=N–C) groups is 1. The van der Waals surface area contributed by atoms with Gasteiger partial charge in [-0.3, -0.25) is 4.79 Å². The van der Waals surface area contributed by atoms with Gasteiger partial charge in [0.05, 0.1) is 30.3 Å². The van der Waals surface area contributed by atoms with Gasteiger partial charge in [0.15, 0.2) is 5.17 Å². The van der Waals surface area contributed by atoms with Crippen molar-refractivity contribution in [2.45, 2.75) is 32.2 Å². The Labute approximate surface area is 214 Å². The number of esters is 1. The number of halogens is 1. The molecule has 2 aromatic rings. The first kappa shape index (κ1) is 23.7. The van der Waals surface area contributed by atoms with Gasteiger partial charge in [0.2, 0.25) is 5.91 Å². The van der Waals surface area contributed by atoms with Crippen LogP contribution >= 0.6 is 23.4 Å². The van der Waals surface area contributed by atoms with Gasteiger partial charge in [-0.1, -0.05) is 65.8 Å². The van der Waals surface area contributed by atoms with E-state index < -0.39 is 12.0 Å². The number of nitrogens with zero attached hydrogens (tertiary/aromatic N) is 3. The Morgan fingerprint density at radius 2 is 1.80 bits per heavy atom. The predicted molar refractivity (Wildman–Crippen MR) is 140 cm³/mol. The molecule has 2 aromatic carbocycles. The van der Waals surface area contributed by atoms with E-state index in [4.69, 9.17) is 21.3 Å². The molecule has 1 amide bonds. The molecule has 0 aromatic heterocycles. The van der Waals surface area contributed by atoms with Gasteiger partial charge in [-0.25, -0.2) is 9.79 Å². The molecule has 8 heteroatoms. The summed E-state index contributed by atoms with van der Waals surface area (Å²) in [5.41, 5.74) is 3.58. The number of amides is 1. The van der Waals surface area contributed by atoms with E-state index in [0.29, 0.717) is 16.3 Å². The van der Waals surface area contributed by atoms with Gasteiger partial charge < -0.3 is 14.5 Å². The number of carbonyl (C=O) groups excluding carboxylic acids is 2. The number of benzene rings is 2. The molecule has 0 spiro atoms. The van der Waals surface area contributed by atoms with Crippen LogP contribution in [0, 0.1) is 0 Å². The van der Waals surface area contributed by atoms with E-state index in [0.717, 1.165) is 47.9 Å². The molecule has 0 aliphatic carbocycles. The summed E-state index contributed by atoms with van der Waals surface area (Å²) in [6, 6.07) is 16.6. The number of likely N-dealkylation sites (tertiary alicyclic amines) is 1. The Bertz CT molecular complexity index is 1220. The van der Waals surface area contributed by atoms with E-state index >= 15 is 0 Å². The molecule has 0 radical (unpaired) electrons. The van der Waals surface area contributed by atoms with Crippen molar-refractivity contribution in [3.63, 3.8) is 0 Å². The number of amidine groups is 1. The van der Waals surface area contributed by atoms with Crippen LogP contribution in [0.25, 0.3) is 5.70 Å². The molecule has 3 aliphatic rings. The van der Waals surface area contributed by atoms with E-state index in [9.17, 15) is 9.59 Å². The Balaban J connectivity index is 1.62. The van der Waals surface area contributed by atoms with Crippen LogP contribution in [-0.4, -0.2) is 46.5 Å². The monoisotopic (exact) mass is 507 g/mol. The molecule has 1 unspecified atom stereocenters. The summed E-state index contributed by atoms with van der Waals surface area (Å²) < 4.78 is 5.53. The Hall–Kier alpha value is -3.03. The van der Waals surface area contributed by atoms with Crippen molar-refractivity contribution in [2.24, 2.45) is 4.99 Å². The number of rotatable bonds is 6. The van der Waals surface area contributed by atoms with Crippen LogP contribution in [0.1, 0.15) is 43.4 Å². The van der Waals surface area contributed by atoms with E-state index in [1.165, 1.54) is 11.8 Å². The second-order valence-corrected chi connectivity index (χ2v) is 9.83. The van der Waals surface area contributed by atoms with Crippen molar-refractivity contribution in [3.05, 3.63) is 87.4 Å². The maximum Gasteiger partial charge on any atom is 0.338 e. The van der Waals surface area contributed by atoms with Crippen LogP contribution in [0.4, 0.5) is 0 Å². The van der Waals surface area contributed by atoms with Gasteiger partial charge in [-0.05, 0) is 42.9 Å². The molecule has 3 aliphatic heterocycles. The van der Waals surface area contributed by atoms with Gasteiger partial charge in [0.1, 0.15) is 0 Å². The molecular formula is C27H26ClN3O3S. The minimum Gasteiger partial charge on any atom is -0.463 e. The lowest BCUT2D eigenvalue weighted by Gasteiger charge is -2.37. The Morgan fingerprint density at radius 3 is 2.49 bits per heavy atom. The van der Waals surface area contributed by atoms with Crippen molar-refractivity contribution in [1.82, 2.24) is 9.80 Å². The predicted octanol–water partition coefficient (Wildman–Crippen LogP) is 5.63. The molecule has 3 heterocycles. The number of carbonyl (C=O) groups is 2. The lowest BCUT2D eigenvalue weighted by atomic mass is 9.91.